The summed E-state index contributed by atoms with van der Waals surface area (Å²) in [7, 11) is 2.11. The Labute approximate surface area is 134 Å². The predicted octanol–water partition coefficient (Wildman–Crippen LogP) is 3.59. The van der Waals surface area contributed by atoms with E-state index in [4.69, 9.17) is 4.42 Å². The van der Waals surface area contributed by atoms with Gasteiger partial charge in [-0.15, -0.1) is 10.2 Å². The van der Waals surface area contributed by atoms with E-state index in [9.17, 15) is 4.39 Å². The van der Waals surface area contributed by atoms with Crippen LogP contribution in [0.3, 0.4) is 0 Å². The van der Waals surface area contributed by atoms with Gasteiger partial charge in [0.1, 0.15) is 5.82 Å². The van der Waals surface area contributed by atoms with Crippen molar-refractivity contribution >= 4 is 11.8 Å². The van der Waals surface area contributed by atoms with Gasteiger partial charge in [-0.05, 0) is 50.4 Å². The van der Waals surface area contributed by atoms with Gasteiger partial charge < -0.3 is 4.42 Å². The molecule has 1 saturated carbocycles. The molecule has 0 saturated heterocycles. The molecule has 2 aromatic rings. The van der Waals surface area contributed by atoms with Crippen molar-refractivity contribution in [3.8, 4) is 11.5 Å². The monoisotopic (exact) mass is 321 g/mol. The normalized spacial score (nSPS) is 21.6. The lowest BCUT2D eigenvalue weighted by molar-refractivity contribution is 0.219. The van der Waals surface area contributed by atoms with E-state index in [1.165, 1.54) is 31.4 Å². The quantitative estimate of drug-likeness (QED) is 0.842. The highest BCUT2D eigenvalue weighted by Crippen LogP contribution is 2.32. The summed E-state index contributed by atoms with van der Waals surface area (Å²) in [6, 6.07) is 6.66. The number of thioether (sulfide) groups is 1. The molecule has 0 N–H and O–H groups in total. The largest absolute Gasteiger partial charge is 0.419 e. The summed E-state index contributed by atoms with van der Waals surface area (Å²) in [5, 5.41) is 8.87. The first kappa shape index (κ1) is 15.5. The number of hydrogen-bond acceptors (Lipinski definition) is 5. The summed E-state index contributed by atoms with van der Waals surface area (Å²) in [5.74, 6) is 0.775. The molecule has 1 fully saturated rings. The molecule has 0 spiro atoms. The van der Waals surface area contributed by atoms with Crippen LogP contribution in [-0.4, -0.2) is 39.7 Å². The Morgan fingerprint density at radius 3 is 2.77 bits per heavy atom. The molecule has 3 rings (SSSR count). The van der Waals surface area contributed by atoms with E-state index in [2.05, 4.69) is 28.4 Å². The van der Waals surface area contributed by atoms with Crippen molar-refractivity contribution in [3.05, 3.63) is 36.0 Å². The van der Waals surface area contributed by atoms with Crippen LogP contribution in [0.4, 0.5) is 4.39 Å². The highest BCUT2D eigenvalue weighted by Gasteiger charge is 2.30. The van der Waals surface area contributed by atoms with Crippen LogP contribution in [0.5, 0.6) is 0 Å². The minimum Gasteiger partial charge on any atom is -0.419 e. The van der Waals surface area contributed by atoms with Crippen molar-refractivity contribution in [2.24, 2.45) is 0 Å². The minimum atomic E-state index is -0.271. The molecule has 1 aliphatic rings. The standard InChI is InChI=1S/C16H20FN3OS/c1-20(13-4-3-5-14(13)22-2)10-15-18-19-16(21-15)11-6-8-12(17)9-7-11/h6-9,13-14H,3-5,10H2,1-2H3/t13-,14+/m0/s1. The first-order chi connectivity index (χ1) is 10.7. The summed E-state index contributed by atoms with van der Waals surface area (Å²) in [4.78, 5) is 2.30. The second-order valence-electron chi connectivity index (χ2n) is 5.70. The number of hydrogen-bond donors (Lipinski definition) is 0. The molecule has 6 heteroatoms. The van der Waals surface area contributed by atoms with Gasteiger partial charge in [-0.2, -0.15) is 11.8 Å². The van der Waals surface area contributed by atoms with Gasteiger partial charge in [0, 0.05) is 16.9 Å². The molecule has 0 aliphatic heterocycles. The third-order valence-electron chi connectivity index (χ3n) is 4.23. The SMILES string of the molecule is CS[C@@H]1CCC[C@@H]1N(C)Cc1nnc(-c2ccc(F)cc2)o1. The van der Waals surface area contributed by atoms with Crippen molar-refractivity contribution in [1.82, 2.24) is 15.1 Å². The smallest absolute Gasteiger partial charge is 0.247 e. The molecule has 1 aromatic heterocycles. The Morgan fingerprint density at radius 2 is 2.05 bits per heavy atom. The lowest BCUT2D eigenvalue weighted by Crippen LogP contribution is -2.35. The Balaban J connectivity index is 1.67. The molecule has 0 radical (unpaired) electrons. The number of rotatable bonds is 5. The van der Waals surface area contributed by atoms with E-state index in [-0.39, 0.29) is 5.82 Å². The fourth-order valence-corrected chi connectivity index (χ4v) is 4.10. The summed E-state index contributed by atoms with van der Waals surface area (Å²) in [6.45, 7) is 0.649. The maximum Gasteiger partial charge on any atom is 0.247 e. The molecule has 0 unspecified atom stereocenters. The highest BCUT2D eigenvalue weighted by molar-refractivity contribution is 7.99. The van der Waals surface area contributed by atoms with Gasteiger partial charge in [-0.1, -0.05) is 6.42 Å². The van der Waals surface area contributed by atoms with Crippen molar-refractivity contribution in [2.75, 3.05) is 13.3 Å². The van der Waals surface area contributed by atoms with Gasteiger partial charge in [-0.3, -0.25) is 4.90 Å². The first-order valence-corrected chi connectivity index (χ1v) is 8.77. The molecular weight excluding hydrogens is 301 g/mol. The third-order valence-corrected chi connectivity index (χ3v) is 5.38. The van der Waals surface area contributed by atoms with Crippen LogP contribution in [-0.2, 0) is 6.54 Å². The molecule has 1 aromatic carbocycles. The molecule has 1 aliphatic carbocycles. The fraction of sp³-hybridized carbons (Fsp3) is 0.500. The zero-order chi connectivity index (χ0) is 15.5. The van der Waals surface area contributed by atoms with E-state index < -0.39 is 0 Å². The molecule has 4 nitrogen and oxygen atoms in total. The van der Waals surface area contributed by atoms with E-state index in [0.717, 1.165) is 5.56 Å². The average Bonchev–Trinajstić information content (AvgIpc) is 3.16. The number of halogens is 1. The Morgan fingerprint density at radius 1 is 1.27 bits per heavy atom. The second-order valence-corrected chi connectivity index (χ2v) is 6.77. The predicted molar refractivity (Wildman–Crippen MR) is 86.1 cm³/mol. The molecule has 1 heterocycles. The lowest BCUT2D eigenvalue weighted by Gasteiger charge is -2.27. The van der Waals surface area contributed by atoms with Crippen molar-refractivity contribution in [2.45, 2.75) is 37.1 Å². The van der Waals surface area contributed by atoms with Crippen molar-refractivity contribution in [3.63, 3.8) is 0 Å². The van der Waals surface area contributed by atoms with Gasteiger partial charge in [0.15, 0.2) is 0 Å². The van der Waals surface area contributed by atoms with E-state index in [1.807, 2.05) is 11.8 Å². The minimum absolute atomic E-state index is 0.271. The van der Waals surface area contributed by atoms with Gasteiger partial charge in [0.25, 0.3) is 0 Å². The van der Waals surface area contributed by atoms with Gasteiger partial charge >= 0.3 is 0 Å². The highest BCUT2D eigenvalue weighted by atomic mass is 32.2. The van der Waals surface area contributed by atoms with Gasteiger partial charge in [0.2, 0.25) is 11.8 Å². The fourth-order valence-electron chi connectivity index (χ4n) is 3.04. The van der Waals surface area contributed by atoms with Crippen molar-refractivity contribution < 1.29 is 8.81 Å². The van der Waals surface area contributed by atoms with Crippen LogP contribution < -0.4 is 0 Å². The first-order valence-electron chi connectivity index (χ1n) is 7.48. The summed E-state index contributed by atoms with van der Waals surface area (Å²) >= 11 is 1.94. The number of aromatic nitrogens is 2. The van der Waals surface area contributed by atoms with Crippen LogP contribution in [0, 0.1) is 5.82 Å². The maximum absolute atomic E-state index is 12.9. The van der Waals surface area contributed by atoms with Gasteiger partial charge in [-0.25, -0.2) is 4.39 Å². The molecular formula is C16H20FN3OS. The lowest BCUT2D eigenvalue weighted by atomic mass is 10.2. The number of nitrogens with zero attached hydrogens (tertiary/aromatic N) is 3. The van der Waals surface area contributed by atoms with Crippen LogP contribution in [0.15, 0.2) is 28.7 Å². The topological polar surface area (TPSA) is 42.2 Å². The number of benzene rings is 1. The molecule has 118 valence electrons. The molecule has 0 bridgehead atoms. The molecule has 2 atom stereocenters. The van der Waals surface area contributed by atoms with Crippen LogP contribution in [0.2, 0.25) is 0 Å². The van der Waals surface area contributed by atoms with Crippen LogP contribution >= 0.6 is 11.8 Å². The second kappa shape index (κ2) is 6.79. The van der Waals surface area contributed by atoms with Crippen LogP contribution in [0.25, 0.3) is 11.5 Å². The Hall–Kier alpha value is -1.40. The molecule has 0 amide bonds. The molecule has 22 heavy (non-hydrogen) atoms. The average molecular weight is 321 g/mol. The van der Waals surface area contributed by atoms with Crippen LogP contribution in [0.1, 0.15) is 25.2 Å². The maximum atomic E-state index is 12.9. The zero-order valence-electron chi connectivity index (χ0n) is 12.8. The third kappa shape index (κ3) is 3.33. The summed E-state index contributed by atoms with van der Waals surface area (Å²) < 4.78 is 18.7. The van der Waals surface area contributed by atoms with E-state index >= 15 is 0 Å². The van der Waals surface area contributed by atoms with E-state index in [1.54, 1.807) is 12.1 Å². The summed E-state index contributed by atoms with van der Waals surface area (Å²) in [5.41, 5.74) is 0.741. The Bertz CT molecular complexity index is 616. The zero-order valence-corrected chi connectivity index (χ0v) is 13.6. The van der Waals surface area contributed by atoms with Gasteiger partial charge in [0.05, 0.1) is 6.54 Å². The Kier molecular flexibility index (Phi) is 4.78. The summed E-state index contributed by atoms with van der Waals surface area (Å²) in [6.07, 6.45) is 5.96. The van der Waals surface area contributed by atoms with E-state index in [0.29, 0.717) is 29.6 Å². The van der Waals surface area contributed by atoms with Crippen molar-refractivity contribution in [1.29, 1.82) is 0 Å².